The maximum Gasteiger partial charge on any atom is 0.241 e. The van der Waals surface area contributed by atoms with E-state index >= 15 is 0 Å². The third-order valence-electron chi connectivity index (χ3n) is 2.65. The highest BCUT2D eigenvalue weighted by molar-refractivity contribution is 5.98. The van der Waals surface area contributed by atoms with E-state index in [2.05, 4.69) is 5.32 Å². The molecule has 0 fully saturated rings. The first kappa shape index (κ1) is 14.0. The Bertz CT molecular complexity index is 486. The Kier molecular flexibility index (Phi) is 4.28. The number of phenolic OH excluding ortho intramolecular Hbond substituents is 1. The lowest BCUT2D eigenvalue weighted by molar-refractivity contribution is -0.123. The zero-order valence-electron chi connectivity index (χ0n) is 10.4. The van der Waals surface area contributed by atoms with Crippen LogP contribution in [-0.2, 0) is 9.59 Å². The fourth-order valence-corrected chi connectivity index (χ4v) is 1.51. The molecule has 1 aromatic carbocycles. The molecule has 0 bridgehead atoms. The SMILES string of the molecule is Cc1ccc(NC(=O)C(N)CC(N)=O)c(C)c1O. The summed E-state index contributed by atoms with van der Waals surface area (Å²) in [7, 11) is 0. The fourth-order valence-electron chi connectivity index (χ4n) is 1.51. The first-order valence-electron chi connectivity index (χ1n) is 5.47. The van der Waals surface area contributed by atoms with E-state index in [1.165, 1.54) is 0 Å². The van der Waals surface area contributed by atoms with Gasteiger partial charge in [0.25, 0.3) is 0 Å². The molecule has 0 saturated heterocycles. The van der Waals surface area contributed by atoms with E-state index in [-0.39, 0.29) is 12.2 Å². The van der Waals surface area contributed by atoms with E-state index in [4.69, 9.17) is 11.5 Å². The number of carbonyl (C=O) groups is 2. The summed E-state index contributed by atoms with van der Waals surface area (Å²) in [5, 5.41) is 12.3. The number of carbonyl (C=O) groups excluding carboxylic acids is 2. The molecule has 1 aromatic rings. The molecule has 1 atom stereocenters. The number of amides is 2. The smallest absolute Gasteiger partial charge is 0.241 e. The number of anilines is 1. The second-order valence-electron chi connectivity index (χ2n) is 4.17. The van der Waals surface area contributed by atoms with E-state index in [1.54, 1.807) is 26.0 Å². The molecule has 1 unspecified atom stereocenters. The van der Waals surface area contributed by atoms with Crippen LogP contribution in [0.5, 0.6) is 5.75 Å². The fraction of sp³-hybridized carbons (Fsp3) is 0.333. The Morgan fingerprint density at radius 3 is 2.56 bits per heavy atom. The van der Waals surface area contributed by atoms with Gasteiger partial charge in [-0.1, -0.05) is 6.07 Å². The number of benzene rings is 1. The van der Waals surface area contributed by atoms with E-state index in [9.17, 15) is 14.7 Å². The van der Waals surface area contributed by atoms with Crippen LogP contribution in [0.25, 0.3) is 0 Å². The second kappa shape index (κ2) is 5.50. The molecule has 6 heteroatoms. The molecule has 0 radical (unpaired) electrons. The lowest BCUT2D eigenvalue weighted by Gasteiger charge is -2.14. The second-order valence-corrected chi connectivity index (χ2v) is 4.17. The minimum absolute atomic E-state index is 0.122. The van der Waals surface area contributed by atoms with Gasteiger partial charge in [-0.05, 0) is 25.5 Å². The van der Waals surface area contributed by atoms with Crippen molar-refractivity contribution in [2.45, 2.75) is 26.3 Å². The normalized spacial score (nSPS) is 11.9. The summed E-state index contributed by atoms with van der Waals surface area (Å²) in [6.07, 6.45) is -0.220. The summed E-state index contributed by atoms with van der Waals surface area (Å²) in [4.78, 5) is 22.3. The molecule has 1 rings (SSSR count). The van der Waals surface area contributed by atoms with Crippen molar-refractivity contribution < 1.29 is 14.7 Å². The molecule has 18 heavy (non-hydrogen) atoms. The van der Waals surface area contributed by atoms with Gasteiger partial charge in [0.15, 0.2) is 0 Å². The highest BCUT2D eigenvalue weighted by Gasteiger charge is 2.17. The molecule has 0 aliphatic carbocycles. The molecule has 0 spiro atoms. The number of hydrogen-bond acceptors (Lipinski definition) is 4. The Morgan fingerprint density at radius 2 is 2.00 bits per heavy atom. The average molecular weight is 251 g/mol. The lowest BCUT2D eigenvalue weighted by atomic mass is 10.1. The first-order chi connectivity index (χ1) is 8.32. The van der Waals surface area contributed by atoms with Crippen LogP contribution in [0.1, 0.15) is 17.5 Å². The van der Waals surface area contributed by atoms with Crippen LogP contribution in [0.2, 0.25) is 0 Å². The number of phenols is 1. The Hall–Kier alpha value is -2.08. The molecular formula is C12H17N3O3. The summed E-state index contributed by atoms with van der Waals surface area (Å²) >= 11 is 0. The Morgan fingerprint density at radius 1 is 1.39 bits per heavy atom. The Labute approximate surface area is 105 Å². The van der Waals surface area contributed by atoms with Gasteiger partial charge in [-0.25, -0.2) is 0 Å². The van der Waals surface area contributed by atoms with Crippen molar-refractivity contribution in [1.82, 2.24) is 0 Å². The third-order valence-corrected chi connectivity index (χ3v) is 2.65. The molecule has 98 valence electrons. The van der Waals surface area contributed by atoms with Crippen LogP contribution >= 0.6 is 0 Å². The van der Waals surface area contributed by atoms with Crippen LogP contribution in [0, 0.1) is 13.8 Å². The number of primary amides is 1. The predicted molar refractivity (Wildman–Crippen MR) is 68.0 cm³/mol. The molecule has 6 N–H and O–H groups in total. The maximum absolute atomic E-state index is 11.7. The minimum atomic E-state index is -0.995. The van der Waals surface area contributed by atoms with Crippen LogP contribution in [-0.4, -0.2) is 23.0 Å². The quantitative estimate of drug-likeness (QED) is 0.609. The zero-order chi connectivity index (χ0) is 13.9. The molecule has 2 amide bonds. The predicted octanol–water partition coefficient (Wildman–Crippen LogP) is 0.150. The average Bonchev–Trinajstić information content (AvgIpc) is 2.29. The van der Waals surface area contributed by atoms with E-state index in [0.29, 0.717) is 16.8 Å². The Balaban J connectivity index is 2.82. The van der Waals surface area contributed by atoms with Crippen molar-refractivity contribution in [1.29, 1.82) is 0 Å². The maximum atomic E-state index is 11.7. The highest BCUT2D eigenvalue weighted by atomic mass is 16.3. The number of nitrogens with two attached hydrogens (primary N) is 2. The van der Waals surface area contributed by atoms with Gasteiger partial charge in [-0.2, -0.15) is 0 Å². The summed E-state index contributed by atoms with van der Waals surface area (Å²) in [5.41, 5.74) is 12.2. The third kappa shape index (κ3) is 3.21. The summed E-state index contributed by atoms with van der Waals surface area (Å²) in [6, 6.07) is 2.35. The van der Waals surface area contributed by atoms with Crippen molar-refractivity contribution in [2.75, 3.05) is 5.32 Å². The molecule has 0 aliphatic rings. The summed E-state index contributed by atoms with van der Waals surface area (Å²) < 4.78 is 0. The van der Waals surface area contributed by atoms with Crippen molar-refractivity contribution in [2.24, 2.45) is 11.5 Å². The van der Waals surface area contributed by atoms with Crippen molar-refractivity contribution >= 4 is 17.5 Å². The van der Waals surface area contributed by atoms with Gasteiger partial charge in [0.2, 0.25) is 11.8 Å². The standard InChI is InChI=1S/C12H17N3O3/c1-6-3-4-9(7(2)11(6)17)15-12(18)8(13)5-10(14)16/h3-4,8,17H,5,13H2,1-2H3,(H2,14,16)(H,15,18). The van der Waals surface area contributed by atoms with Gasteiger partial charge in [0.05, 0.1) is 12.5 Å². The molecular weight excluding hydrogens is 234 g/mol. The van der Waals surface area contributed by atoms with Gasteiger partial charge in [0, 0.05) is 11.3 Å². The van der Waals surface area contributed by atoms with E-state index < -0.39 is 17.9 Å². The van der Waals surface area contributed by atoms with Gasteiger partial charge < -0.3 is 21.9 Å². The molecule has 6 nitrogen and oxygen atoms in total. The van der Waals surface area contributed by atoms with Crippen molar-refractivity contribution in [3.63, 3.8) is 0 Å². The zero-order valence-corrected chi connectivity index (χ0v) is 10.4. The molecule has 0 saturated carbocycles. The topological polar surface area (TPSA) is 118 Å². The highest BCUT2D eigenvalue weighted by Crippen LogP contribution is 2.27. The summed E-state index contributed by atoms with van der Waals surface area (Å²) in [5.74, 6) is -1.03. The molecule has 0 aliphatic heterocycles. The van der Waals surface area contributed by atoms with E-state index in [0.717, 1.165) is 0 Å². The number of nitrogens with one attached hydrogen (secondary N) is 1. The lowest BCUT2D eigenvalue weighted by Crippen LogP contribution is -2.39. The van der Waals surface area contributed by atoms with Crippen molar-refractivity contribution in [3.8, 4) is 5.75 Å². The number of rotatable bonds is 4. The van der Waals surface area contributed by atoms with Crippen LogP contribution in [0.4, 0.5) is 5.69 Å². The van der Waals surface area contributed by atoms with Gasteiger partial charge in [-0.15, -0.1) is 0 Å². The first-order valence-corrected chi connectivity index (χ1v) is 5.47. The van der Waals surface area contributed by atoms with Gasteiger partial charge in [0.1, 0.15) is 5.75 Å². The summed E-state index contributed by atoms with van der Waals surface area (Å²) in [6.45, 7) is 3.43. The van der Waals surface area contributed by atoms with Gasteiger partial charge >= 0.3 is 0 Å². The van der Waals surface area contributed by atoms with Crippen LogP contribution in [0.3, 0.4) is 0 Å². The van der Waals surface area contributed by atoms with Gasteiger partial charge in [-0.3, -0.25) is 9.59 Å². The number of aromatic hydroxyl groups is 1. The molecule has 0 aromatic heterocycles. The van der Waals surface area contributed by atoms with E-state index in [1.807, 2.05) is 0 Å². The van der Waals surface area contributed by atoms with Crippen LogP contribution in [0.15, 0.2) is 12.1 Å². The number of hydrogen-bond donors (Lipinski definition) is 4. The van der Waals surface area contributed by atoms with Crippen LogP contribution < -0.4 is 16.8 Å². The number of aryl methyl sites for hydroxylation is 1. The molecule has 0 heterocycles. The monoisotopic (exact) mass is 251 g/mol. The largest absolute Gasteiger partial charge is 0.507 e. The van der Waals surface area contributed by atoms with Crippen molar-refractivity contribution in [3.05, 3.63) is 23.3 Å². The minimum Gasteiger partial charge on any atom is -0.507 e.